The summed E-state index contributed by atoms with van der Waals surface area (Å²) >= 11 is 6.02. The first-order valence-corrected chi connectivity index (χ1v) is 7.43. The minimum absolute atomic E-state index is 0.0641. The van der Waals surface area contributed by atoms with Crippen molar-refractivity contribution in [1.29, 1.82) is 0 Å². The highest BCUT2D eigenvalue weighted by atomic mass is 35.5. The van der Waals surface area contributed by atoms with E-state index in [9.17, 15) is 0 Å². The van der Waals surface area contributed by atoms with Gasteiger partial charge in [0, 0.05) is 22.6 Å². The molecule has 3 rings (SSSR count). The molecule has 1 heterocycles. The van der Waals surface area contributed by atoms with E-state index < -0.39 is 0 Å². The van der Waals surface area contributed by atoms with E-state index in [-0.39, 0.29) is 6.04 Å². The highest BCUT2D eigenvalue weighted by Crippen LogP contribution is 2.19. The molecule has 1 atom stereocenters. The molecular weight excluding hydrogens is 280 g/mol. The summed E-state index contributed by atoms with van der Waals surface area (Å²) in [5.74, 6) is 0. The molecule has 2 nitrogen and oxygen atoms in total. The van der Waals surface area contributed by atoms with Crippen molar-refractivity contribution >= 4 is 22.5 Å². The van der Waals surface area contributed by atoms with Crippen molar-refractivity contribution in [1.82, 2.24) is 4.98 Å². The topological polar surface area (TPSA) is 38.9 Å². The predicted molar refractivity (Wildman–Crippen MR) is 88.6 cm³/mol. The lowest BCUT2D eigenvalue weighted by molar-refractivity contribution is 0.667. The van der Waals surface area contributed by atoms with Crippen LogP contribution in [0.1, 0.15) is 11.1 Å². The number of para-hydroxylation sites is 1. The number of hydrogen-bond acceptors (Lipinski definition) is 2. The average Bonchev–Trinajstić information content (AvgIpc) is 2.47. The zero-order chi connectivity index (χ0) is 14.7. The quantitative estimate of drug-likeness (QED) is 0.790. The van der Waals surface area contributed by atoms with Gasteiger partial charge in [0.1, 0.15) is 0 Å². The molecule has 0 amide bonds. The Morgan fingerprint density at radius 1 is 1.00 bits per heavy atom. The maximum Gasteiger partial charge on any atom is 0.0704 e. The van der Waals surface area contributed by atoms with E-state index in [1.807, 2.05) is 42.6 Å². The first kappa shape index (κ1) is 14.1. The van der Waals surface area contributed by atoms with Gasteiger partial charge in [0.05, 0.1) is 5.52 Å². The largest absolute Gasteiger partial charge is 0.327 e. The molecule has 3 aromatic rings. The fraction of sp³-hybridized carbons (Fsp3) is 0.167. The second kappa shape index (κ2) is 6.25. The molecule has 106 valence electrons. The summed E-state index contributed by atoms with van der Waals surface area (Å²) in [6.07, 6.45) is 3.50. The summed E-state index contributed by atoms with van der Waals surface area (Å²) in [7, 11) is 0. The van der Waals surface area contributed by atoms with Crippen molar-refractivity contribution in [3.05, 3.63) is 76.9 Å². The van der Waals surface area contributed by atoms with Crippen LogP contribution in [0.15, 0.2) is 60.8 Å². The molecule has 0 spiro atoms. The van der Waals surface area contributed by atoms with E-state index in [0.717, 1.165) is 23.4 Å². The highest BCUT2D eigenvalue weighted by Gasteiger charge is 2.09. The molecule has 0 aliphatic rings. The fourth-order valence-corrected chi connectivity index (χ4v) is 2.87. The van der Waals surface area contributed by atoms with E-state index in [4.69, 9.17) is 17.3 Å². The first-order chi connectivity index (χ1) is 10.2. The number of benzene rings is 2. The molecule has 0 aliphatic carbocycles. The Labute approximate surface area is 129 Å². The molecule has 21 heavy (non-hydrogen) atoms. The zero-order valence-electron chi connectivity index (χ0n) is 11.7. The van der Waals surface area contributed by atoms with Crippen molar-refractivity contribution in [2.24, 2.45) is 5.73 Å². The normalized spacial score (nSPS) is 12.5. The Bertz CT molecular complexity index is 750. The first-order valence-electron chi connectivity index (χ1n) is 7.05. The lowest BCUT2D eigenvalue weighted by atomic mass is 9.97. The molecule has 0 fully saturated rings. The Morgan fingerprint density at radius 3 is 2.71 bits per heavy atom. The van der Waals surface area contributed by atoms with Crippen molar-refractivity contribution in [3.63, 3.8) is 0 Å². The molecule has 2 aromatic carbocycles. The monoisotopic (exact) mass is 296 g/mol. The summed E-state index contributed by atoms with van der Waals surface area (Å²) in [6.45, 7) is 0. The van der Waals surface area contributed by atoms with E-state index in [1.54, 1.807) is 0 Å². The number of rotatable bonds is 4. The van der Waals surface area contributed by atoms with Crippen LogP contribution in [0.3, 0.4) is 0 Å². The van der Waals surface area contributed by atoms with E-state index >= 15 is 0 Å². The number of hydrogen-bond donors (Lipinski definition) is 1. The lowest BCUT2D eigenvalue weighted by Gasteiger charge is -2.13. The predicted octanol–water partition coefficient (Wildman–Crippen LogP) is 4.00. The number of aromatic nitrogens is 1. The zero-order valence-corrected chi connectivity index (χ0v) is 12.4. The molecular formula is C18H17ClN2. The molecule has 0 radical (unpaired) electrons. The van der Waals surface area contributed by atoms with Crippen LogP contribution < -0.4 is 5.73 Å². The Kier molecular flexibility index (Phi) is 4.18. The van der Waals surface area contributed by atoms with Crippen LogP contribution in [-0.4, -0.2) is 11.0 Å². The van der Waals surface area contributed by atoms with Gasteiger partial charge < -0.3 is 5.73 Å². The van der Waals surface area contributed by atoms with Crippen molar-refractivity contribution in [2.45, 2.75) is 18.9 Å². The van der Waals surface area contributed by atoms with E-state index in [2.05, 4.69) is 23.2 Å². The summed E-state index contributed by atoms with van der Waals surface area (Å²) in [4.78, 5) is 4.39. The van der Waals surface area contributed by atoms with Gasteiger partial charge in [-0.05, 0) is 48.2 Å². The number of nitrogens with zero attached hydrogens (tertiary/aromatic N) is 1. The summed E-state index contributed by atoms with van der Waals surface area (Å²) < 4.78 is 0. The molecule has 2 N–H and O–H groups in total. The standard InChI is InChI=1S/C18H17ClN2/c19-15-5-3-4-13(10-15)11-16(20)12-14-8-9-21-18-7-2-1-6-17(14)18/h1-10,16H,11-12,20H2. The van der Waals surface area contributed by atoms with Crippen molar-refractivity contribution < 1.29 is 0 Å². The number of halogens is 1. The van der Waals surface area contributed by atoms with Crippen LogP contribution >= 0.6 is 11.6 Å². The minimum Gasteiger partial charge on any atom is -0.327 e. The van der Waals surface area contributed by atoms with Crippen molar-refractivity contribution in [3.8, 4) is 0 Å². The average molecular weight is 297 g/mol. The van der Waals surface area contributed by atoms with Crippen molar-refractivity contribution in [2.75, 3.05) is 0 Å². The van der Waals surface area contributed by atoms with Gasteiger partial charge in [-0.15, -0.1) is 0 Å². The van der Waals surface area contributed by atoms with Crippen LogP contribution in [0.25, 0.3) is 10.9 Å². The minimum atomic E-state index is 0.0641. The molecule has 1 aromatic heterocycles. The third-order valence-corrected chi connectivity index (χ3v) is 3.84. The van der Waals surface area contributed by atoms with Gasteiger partial charge in [-0.25, -0.2) is 0 Å². The molecule has 0 bridgehead atoms. The highest BCUT2D eigenvalue weighted by molar-refractivity contribution is 6.30. The lowest BCUT2D eigenvalue weighted by Crippen LogP contribution is -2.25. The Balaban J connectivity index is 1.79. The third kappa shape index (κ3) is 3.41. The van der Waals surface area contributed by atoms with Crippen LogP contribution in [0.2, 0.25) is 5.02 Å². The number of fused-ring (bicyclic) bond motifs is 1. The van der Waals surface area contributed by atoms with Crippen LogP contribution in [0, 0.1) is 0 Å². The smallest absolute Gasteiger partial charge is 0.0704 e. The second-order valence-corrected chi connectivity index (χ2v) is 5.72. The molecule has 0 aliphatic heterocycles. The number of pyridine rings is 1. The molecule has 0 saturated heterocycles. The summed E-state index contributed by atoms with van der Waals surface area (Å²) in [6, 6.07) is 18.2. The van der Waals surface area contributed by atoms with Gasteiger partial charge in [0.15, 0.2) is 0 Å². The Morgan fingerprint density at radius 2 is 1.86 bits per heavy atom. The summed E-state index contributed by atoms with van der Waals surface area (Å²) in [5.41, 5.74) is 9.75. The second-order valence-electron chi connectivity index (χ2n) is 5.29. The molecule has 0 saturated carbocycles. The molecule has 1 unspecified atom stereocenters. The van der Waals surface area contributed by atoms with Gasteiger partial charge in [0.25, 0.3) is 0 Å². The SMILES string of the molecule is NC(Cc1cccc(Cl)c1)Cc1ccnc2ccccc12. The van der Waals surface area contributed by atoms with Gasteiger partial charge in [-0.3, -0.25) is 4.98 Å². The molecule has 3 heteroatoms. The Hall–Kier alpha value is -1.90. The summed E-state index contributed by atoms with van der Waals surface area (Å²) in [5, 5.41) is 1.94. The van der Waals surface area contributed by atoms with Gasteiger partial charge in [0.2, 0.25) is 0 Å². The maximum atomic E-state index is 6.32. The number of nitrogens with two attached hydrogens (primary N) is 1. The van der Waals surface area contributed by atoms with Crippen LogP contribution in [0.5, 0.6) is 0 Å². The van der Waals surface area contributed by atoms with Crippen LogP contribution in [-0.2, 0) is 12.8 Å². The van der Waals surface area contributed by atoms with Crippen LogP contribution in [0.4, 0.5) is 0 Å². The fourth-order valence-electron chi connectivity index (χ4n) is 2.65. The van der Waals surface area contributed by atoms with E-state index in [1.165, 1.54) is 16.5 Å². The van der Waals surface area contributed by atoms with E-state index in [0.29, 0.717) is 0 Å². The van der Waals surface area contributed by atoms with Gasteiger partial charge in [-0.2, -0.15) is 0 Å². The van der Waals surface area contributed by atoms with Gasteiger partial charge >= 0.3 is 0 Å². The van der Waals surface area contributed by atoms with Gasteiger partial charge in [-0.1, -0.05) is 41.9 Å². The third-order valence-electron chi connectivity index (χ3n) is 3.61. The maximum absolute atomic E-state index is 6.32.